The van der Waals surface area contributed by atoms with Gasteiger partial charge in [0.2, 0.25) is 0 Å². The van der Waals surface area contributed by atoms with Crippen LogP contribution >= 0.6 is 0 Å². The van der Waals surface area contributed by atoms with Crippen molar-refractivity contribution < 1.29 is 14.6 Å². The van der Waals surface area contributed by atoms with Crippen molar-refractivity contribution in [1.82, 2.24) is 0 Å². The van der Waals surface area contributed by atoms with Gasteiger partial charge in [-0.15, -0.1) is 0 Å². The molecule has 1 aliphatic heterocycles. The molecule has 0 radical (unpaired) electrons. The van der Waals surface area contributed by atoms with Crippen LogP contribution in [0.15, 0.2) is 0 Å². The van der Waals surface area contributed by atoms with Crippen molar-refractivity contribution >= 4 is 5.97 Å². The van der Waals surface area contributed by atoms with Crippen LogP contribution in [0.25, 0.3) is 0 Å². The molecule has 0 aromatic heterocycles. The van der Waals surface area contributed by atoms with Crippen LogP contribution in [-0.4, -0.2) is 23.3 Å². The first kappa shape index (κ1) is 12.5. The zero-order valence-corrected chi connectivity index (χ0v) is 9.58. The van der Waals surface area contributed by atoms with E-state index in [2.05, 4.69) is 6.92 Å². The van der Waals surface area contributed by atoms with Crippen LogP contribution in [0.5, 0.6) is 0 Å². The normalized spacial score (nSPS) is 24.1. The Morgan fingerprint density at radius 3 is 2.27 bits per heavy atom. The highest BCUT2D eigenvalue weighted by molar-refractivity contribution is 5.75. The van der Waals surface area contributed by atoms with E-state index in [9.17, 15) is 4.79 Å². The van der Waals surface area contributed by atoms with Crippen LogP contribution in [-0.2, 0) is 9.53 Å². The van der Waals surface area contributed by atoms with E-state index in [4.69, 9.17) is 9.84 Å². The monoisotopic (exact) mass is 214 g/mol. The predicted octanol–water partition coefficient (Wildman–Crippen LogP) is 2.98. The molecule has 88 valence electrons. The third kappa shape index (κ3) is 5.17. The highest BCUT2D eigenvalue weighted by atomic mass is 16.6. The van der Waals surface area contributed by atoms with Crippen LogP contribution in [0.2, 0.25) is 0 Å². The van der Waals surface area contributed by atoms with Crippen LogP contribution in [0.4, 0.5) is 0 Å². The summed E-state index contributed by atoms with van der Waals surface area (Å²) in [7, 11) is 0. The minimum Gasteiger partial charge on any atom is -0.479 e. The average Bonchev–Trinajstić information content (AvgIpc) is 2.96. The van der Waals surface area contributed by atoms with E-state index in [0.29, 0.717) is 0 Å². The van der Waals surface area contributed by atoms with Crippen LogP contribution in [0.3, 0.4) is 0 Å². The molecule has 0 spiro atoms. The van der Waals surface area contributed by atoms with Gasteiger partial charge in [-0.05, 0) is 6.42 Å². The van der Waals surface area contributed by atoms with Gasteiger partial charge >= 0.3 is 5.97 Å². The molecule has 0 unspecified atom stereocenters. The summed E-state index contributed by atoms with van der Waals surface area (Å²) in [4.78, 5) is 10.5. The summed E-state index contributed by atoms with van der Waals surface area (Å²) in [5, 5.41) is 8.60. The summed E-state index contributed by atoms with van der Waals surface area (Å²) in [6.07, 6.45) is 9.34. The largest absolute Gasteiger partial charge is 0.479 e. The molecular formula is C12H22O3. The summed E-state index contributed by atoms with van der Waals surface area (Å²) in [5.41, 5.74) is 0. The van der Waals surface area contributed by atoms with E-state index >= 15 is 0 Å². The number of epoxide rings is 1. The number of carboxylic acid groups (broad SMARTS) is 1. The Labute approximate surface area is 91.8 Å². The van der Waals surface area contributed by atoms with Gasteiger partial charge in [0.25, 0.3) is 0 Å². The van der Waals surface area contributed by atoms with E-state index < -0.39 is 12.1 Å². The van der Waals surface area contributed by atoms with Gasteiger partial charge in [-0.2, -0.15) is 0 Å². The lowest BCUT2D eigenvalue weighted by Gasteiger charge is -1.99. The van der Waals surface area contributed by atoms with Gasteiger partial charge in [-0.1, -0.05) is 51.9 Å². The Hall–Kier alpha value is -0.570. The van der Waals surface area contributed by atoms with E-state index in [1.54, 1.807) is 0 Å². The molecule has 1 fully saturated rings. The van der Waals surface area contributed by atoms with Crippen molar-refractivity contribution in [3.05, 3.63) is 0 Å². The molecule has 1 N–H and O–H groups in total. The lowest BCUT2D eigenvalue weighted by atomic mass is 10.1. The first-order valence-electron chi connectivity index (χ1n) is 6.14. The van der Waals surface area contributed by atoms with Gasteiger partial charge in [-0.3, -0.25) is 0 Å². The van der Waals surface area contributed by atoms with Gasteiger partial charge in [0.05, 0.1) is 6.10 Å². The van der Waals surface area contributed by atoms with Crippen LogP contribution in [0.1, 0.15) is 58.3 Å². The fourth-order valence-electron chi connectivity index (χ4n) is 1.88. The first-order chi connectivity index (χ1) is 7.25. The number of hydrogen-bond donors (Lipinski definition) is 1. The maximum absolute atomic E-state index is 10.5. The summed E-state index contributed by atoms with van der Waals surface area (Å²) in [6, 6.07) is 0. The summed E-state index contributed by atoms with van der Waals surface area (Å²) >= 11 is 0. The van der Waals surface area contributed by atoms with E-state index in [0.717, 1.165) is 12.8 Å². The van der Waals surface area contributed by atoms with Crippen molar-refractivity contribution in [3.63, 3.8) is 0 Å². The van der Waals surface area contributed by atoms with E-state index in [1.165, 1.54) is 38.5 Å². The van der Waals surface area contributed by atoms with Crippen molar-refractivity contribution in [2.24, 2.45) is 0 Å². The highest BCUT2D eigenvalue weighted by Gasteiger charge is 2.44. The third-order valence-electron chi connectivity index (χ3n) is 2.92. The molecule has 15 heavy (non-hydrogen) atoms. The standard InChI is InChI=1S/C12H22O3/c1-2-3-4-5-6-7-8-9-10-11(15-10)12(13)14/h10-11H,2-9H2,1H3,(H,13,14)/t10-,11-/m0/s1. The molecule has 3 nitrogen and oxygen atoms in total. The molecule has 0 aromatic carbocycles. The van der Waals surface area contributed by atoms with Gasteiger partial charge in [0.15, 0.2) is 6.10 Å². The minimum atomic E-state index is -0.803. The number of hydrogen-bond acceptors (Lipinski definition) is 2. The molecule has 0 bridgehead atoms. The highest BCUT2D eigenvalue weighted by Crippen LogP contribution is 2.27. The Kier molecular flexibility index (Phi) is 5.69. The van der Waals surface area contributed by atoms with Crippen molar-refractivity contribution in [2.45, 2.75) is 70.5 Å². The minimum absolute atomic E-state index is 0.0122. The average molecular weight is 214 g/mol. The molecule has 2 atom stereocenters. The summed E-state index contributed by atoms with van der Waals surface area (Å²) in [6.45, 7) is 2.22. The Bertz CT molecular complexity index is 191. The first-order valence-corrected chi connectivity index (χ1v) is 6.14. The topological polar surface area (TPSA) is 49.8 Å². The zero-order chi connectivity index (χ0) is 11.1. The van der Waals surface area contributed by atoms with Crippen molar-refractivity contribution in [2.75, 3.05) is 0 Å². The van der Waals surface area contributed by atoms with Gasteiger partial charge in [-0.25, -0.2) is 4.79 Å². The molecule has 1 rings (SSSR count). The number of rotatable bonds is 9. The fourth-order valence-corrected chi connectivity index (χ4v) is 1.88. The number of carbonyl (C=O) groups is 1. The maximum Gasteiger partial charge on any atom is 0.335 e. The second kappa shape index (κ2) is 6.83. The molecule has 0 amide bonds. The number of ether oxygens (including phenoxy) is 1. The zero-order valence-electron chi connectivity index (χ0n) is 9.58. The van der Waals surface area contributed by atoms with Crippen LogP contribution in [0, 0.1) is 0 Å². The quantitative estimate of drug-likeness (QED) is 0.474. The van der Waals surface area contributed by atoms with Crippen LogP contribution < -0.4 is 0 Å². The number of aliphatic carboxylic acids is 1. The second-order valence-electron chi connectivity index (χ2n) is 4.34. The molecule has 1 saturated heterocycles. The van der Waals surface area contributed by atoms with E-state index in [1.807, 2.05) is 0 Å². The lowest BCUT2D eigenvalue weighted by Crippen LogP contribution is -2.07. The third-order valence-corrected chi connectivity index (χ3v) is 2.92. The molecule has 0 aromatic rings. The molecule has 0 aliphatic carbocycles. The van der Waals surface area contributed by atoms with Crippen molar-refractivity contribution in [1.29, 1.82) is 0 Å². The summed E-state index contributed by atoms with van der Waals surface area (Å²) in [5.74, 6) is -0.803. The van der Waals surface area contributed by atoms with Gasteiger partial charge in [0.1, 0.15) is 0 Å². The maximum atomic E-state index is 10.5. The predicted molar refractivity (Wildman–Crippen MR) is 58.9 cm³/mol. The lowest BCUT2D eigenvalue weighted by molar-refractivity contribution is -0.138. The smallest absolute Gasteiger partial charge is 0.335 e. The number of unbranched alkanes of at least 4 members (excludes halogenated alkanes) is 6. The number of carboxylic acids is 1. The molecule has 3 heteroatoms. The Balaban J connectivity index is 1.80. The summed E-state index contributed by atoms with van der Waals surface area (Å²) < 4.78 is 5.02. The van der Waals surface area contributed by atoms with Gasteiger partial charge in [0, 0.05) is 0 Å². The second-order valence-corrected chi connectivity index (χ2v) is 4.34. The molecular weight excluding hydrogens is 192 g/mol. The molecule has 1 heterocycles. The van der Waals surface area contributed by atoms with E-state index in [-0.39, 0.29) is 6.10 Å². The molecule has 0 saturated carbocycles. The Morgan fingerprint density at radius 1 is 1.13 bits per heavy atom. The van der Waals surface area contributed by atoms with Crippen molar-refractivity contribution in [3.8, 4) is 0 Å². The fraction of sp³-hybridized carbons (Fsp3) is 0.917. The SMILES string of the molecule is CCCCCCCCC[C@@H]1O[C@@H]1C(=O)O. The molecule has 1 aliphatic rings. The van der Waals surface area contributed by atoms with Gasteiger partial charge < -0.3 is 9.84 Å². The Morgan fingerprint density at radius 2 is 1.73 bits per heavy atom.